The molecule has 0 N–H and O–H groups in total. The van der Waals surface area contributed by atoms with Crippen LogP contribution in [0.15, 0.2) is 28.3 Å². The summed E-state index contributed by atoms with van der Waals surface area (Å²) in [7, 11) is 0. The van der Waals surface area contributed by atoms with Crippen molar-refractivity contribution in [3.05, 3.63) is 51.2 Å². The van der Waals surface area contributed by atoms with Crippen LogP contribution in [-0.2, 0) is 0 Å². The van der Waals surface area contributed by atoms with Gasteiger partial charge in [-0.2, -0.15) is 10.5 Å². The molecule has 0 atom stereocenters. The number of allylic oxidation sites excluding steroid dienone is 2. The van der Waals surface area contributed by atoms with Gasteiger partial charge in [-0.1, -0.05) is 23.5 Å². The molecule has 0 spiro atoms. The molecule has 0 aromatic carbocycles. The van der Waals surface area contributed by atoms with Crippen molar-refractivity contribution in [1.29, 1.82) is 10.5 Å². The van der Waals surface area contributed by atoms with Gasteiger partial charge >= 0.3 is 0 Å². The highest BCUT2D eigenvalue weighted by atomic mass is 32.2. The Morgan fingerprint density at radius 3 is 1.50 bits per heavy atom. The second-order valence-corrected chi connectivity index (χ2v) is 7.26. The molecule has 0 amide bonds. The molecule has 0 saturated heterocycles. The largest absolute Gasteiger partial charge is 0.242 e. The summed E-state index contributed by atoms with van der Waals surface area (Å²) in [6.07, 6.45) is 0. The van der Waals surface area contributed by atoms with Gasteiger partial charge in [-0.05, 0) is 0 Å². The lowest BCUT2D eigenvalue weighted by molar-refractivity contribution is 1.50. The molecule has 0 bridgehead atoms. The van der Waals surface area contributed by atoms with E-state index in [0.717, 1.165) is 8.47 Å². The number of rotatable bonds is 0. The van der Waals surface area contributed by atoms with Gasteiger partial charge in [0.15, 0.2) is 0 Å². The van der Waals surface area contributed by atoms with Crippen LogP contribution in [0.3, 0.4) is 0 Å². The summed E-state index contributed by atoms with van der Waals surface area (Å²) in [5.74, 6) is 0. The molecule has 0 aromatic heterocycles. The van der Waals surface area contributed by atoms with E-state index < -0.39 is 0 Å². The van der Waals surface area contributed by atoms with E-state index in [2.05, 4.69) is 9.69 Å². The van der Waals surface area contributed by atoms with Gasteiger partial charge in [0.25, 0.3) is 0 Å². The highest BCUT2D eigenvalue weighted by Crippen LogP contribution is 2.60. The van der Waals surface area contributed by atoms with Crippen molar-refractivity contribution in [3.63, 3.8) is 0 Å². The molecule has 0 aromatic rings. The van der Waals surface area contributed by atoms with Crippen molar-refractivity contribution in [2.24, 2.45) is 0 Å². The van der Waals surface area contributed by atoms with Gasteiger partial charge < -0.3 is 0 Å². The molecule has 4 nitrogen and oxygen atoms in total. The smallest absolute Gasteiger partial charge is 0.240 e. The molecular weight excluding hydrogens is 304 g/mol. The molecule has 18 heavy (non-hydrogen) atoms. The monoisotopic (exact) mass is 304 g/mol. The van der Waals surface area contributed by atoms with Crippen LogP contribution < -0.4 is 0 Å². The summed E-state index contributed by atoms with van der Waals surface area (Å²) < 4.78 is 1.61. The highest BCUT2D eigenvalue weighted by molar-refractivity contribution is 8.34. The third-order valence-electron chi connectivity index (χ3n) is 1.73. The fourth-order valence-corrected chi connectivity index (χ4v) is 5.63. The first kappa shape index (κ1) is 13.0. The Labute approximate surface area is 120 Å². The summed E-state index contributed by atoms with van der Waals surface area (Å²) in [6.45, 7) is 14.0. The lowest BCUT2D eigenvalue weighted by atomic mass is 10.5. The van der Waals surface area contributed by atoms with Crippen molar-refractivity contribution in [1.82, 2.24) is 0 Å². The fourth-order valence-electron chi connectivity index (χ4n) is 1.04. The second-order valence-electron chi connectivity index (χ2n) is 2.70. The Balaban J connectivity index is 2.28. The summed E-state index contributed by atoms with van der Waals surface area (Å²) in [4.78, 5) is 7.37. The van der Waals surface area contributed by atoms with Crippen LogP contribution in [0, 0.1) is 35.8 Å². The van der Waals surface area contributed by atoms with E-state index in [9.17, 15) is 0 Å². The molecule has 0 radical (unpaired) electrons. The maximum atomic E-state index is 8.89. The topological polar surface area (TPSA) is 56.3 Å². The second kappa shape index (κ2) is 5.48. The summed E-state index contributed by atoms with van der Waals surface area (Å²) in [5.41, 5.74) is 0. The lowest BCUT2D eigenvalue weighted by Crippen LogP contribution is -1.67. The quantitative estimate of drug-likeness (QED) is 0.622. The standard InChI is InChI=1S/C10N4S4/c1-13-7-8(14-2)18-10(17-7)9-15-5(3-11)6(4-12)16-9. The minimum Gasteiger partial charge on any atom is -0.242 e. The first-order valence-corrected chi connectivity index (χ1v) is 7.49. The third-order valence-corrected chi connectivity index (χ3v) is 7.02. The molecular formula is C10N4S4. The average Bonchev–Trinajstić information content (AvgIpc) is 3.01. The molecule has 2 heterocycles. The molecule has 2 rings (SSSR count). The van der Waals surface area contributed by atoms with Crippen molar-refractivity contribution >= 4 is 47.0 Å². The summed E-state index contributed by atoms with van der Waals surface area (Å²) >= 11 is 4.93. The van der Waals surface area contributed by atoms with Gasteiger partial charge in [0, 0.05) is 4.24 Å². The average molecular weight is 304 g/mol. The first-order chi connectivity index (χ1) is 8.73. The Bertz CT molecular complexity index is 571. The SMILES string of the molecule is [C-]#[N+]C1=C([N+]#[C-])SC(=C2SC(C#N)=C(C#N)S2)S1. The van der Waals surface area contributed by atoms with Crippen LogP contribution in [0.25, 0.3) is 9.69 Å². The van der Waals surface area contributed by atoms with Gasteiger partial charge in [-0.25, -0.2) is 9.69 Å². The van der Waals surface area contributed by atoms with E-state index in [1.807, 2.05) is 12.1 Å². The lowest BCUT2D eigenvalue weighted by Gasteiger charge is -2.00. The maximum Gasteiger partial charge on any atom is 0.240 e. The van der Waals surface area contributed by atoms with Crippen LogP contribution in [0.5, 0.6) is 0 Å². The zero-order chi connectivity index (χ0) is 13.1. The van der Waals surface area contributed by atoms with E-state index >= 15 is 0 Å². The molecule has 0 fully saturated rings. The molecule has 2 aliphatic heterocycles. The van der Waals surface area contributed by atoms with Gasteiger partial charge in [0.1, 0.15) is 21.9 Å². The molecule has 0 aliphatic carbocycles. The van der Waals surface area contributed by atoms with Gasteiger partial charge in [0.05, 0.1) is 17.4 Å². The van der Waals surface area contributed by atoms with E-state index in [1.165, 1.54) is 47.0 Å². The van der Waals surface area contributed by atoms with E-state index in [4.69, 9.17) is 23.7 Å². The van der Waals surface area contributed by atoms with Crippen molar-refractivity contribution in [3.8, 4) is 12.1 Å². The Morgan fingerprint density at radius 1 is 0.778 bits per heavy atom. The number of nitriles is 2. The minimum absolute atomic E-state index is 0.364. The van der Waals surface area contributed by atoms with Crippen LogP contribution in [0.1, 0.15) is 0 Å². The van der Waals surface area contributed by atoms with Crippen LogP contribution in [0.2, 0.25) is 0 Å². The Morgan fingerprint density at radius 2 is 1.17 bits per heavy atom. The highest BCUT2D eigenvalue weighted by Gasteiger charge is 2.30. The van der Waals surface area contributed by atoms with Gasteiger partial charge in [-0.3, -0.25) is 0 Å². The number of hydrogen-bond donors (Lipinski definition) is 0. The Hall–Kier alpha value is -1.42. The molecule has 0 saturated carbocycles. The van der Waals surface area contributed by atoms with E-state index in [-0.39, 0.29) is 0 Å². The Kier molecular flexibility index (Phi) is 3.97. The summed E-state index contributed by atoms with van der Waals surface area (Å²) in [6, 6.07) is 3.96. The molecule has 8 heteroatoms. The van der Waals surface area contributed by atoms with Gasteiger partial charge in [-0.15, -0.1) is 23.5 Å². The van der Waals surface area contributed by atoms with Crippen molar-refractivity contribution < 1.29 is 0 Å². The fraction of sp³-hybridized carbons (Fsp3) is 0. The number of nitrogens with zero attached hydrogens (tertiary/aromatic N) is 4. The predicted molar refractivity (Wildman–Crippen MR) is 75.9 cm³/mol. The maximum absolute atomic E-state index is 8.89. The first-order valence-electron chi connectivity index (χ1n) is 4.22. The molecule has 84 valence electrons. The van der Waals surface area contributed by atoms with Crippen LogP contribution in [-0.4, -0.2) is 0 Å². The zero-order valence-corrected chi connectivity index (χ0v) is 11.7. The predicted octanol–water partition coefficient (Wildman–Crippen LogP) is 4.30. The minimum atomic E-state index is 0.364. The van der Waals surface area contributed by atoms with Crippen molar-refractivity contribution in [2.75, 3.05) is 0 Å². The number of thioether (sulfide) groups is 4. The zero-order valence-electron chi connectivity index (χ0n) is 8.42. The van der Waals surface area contributed by atoms with Crippen LogP contribution in [0.4, 0.5) is 0 Å². The summed E-state index contributed by atoms with van der Waals surface area (Å²) in [5, 5.41) is 18.5. The van der Waals surface area contributed by atoms with Crippen LogP contribution >= 0.6 is 47.0 Å². The van der Waals surface area contributed by atoms with E-state index in [0.29, 0.717) is 19.9 Å². The normalized spacial score (nSPS) is 18.4. The van der Waals surface area contributed by atoms with Crippen molar-refractivity contribution in [2.45, 2.75) is 0 Å². The number of hydrogen-bond acceptors (Lipinski definition) is 6. The third kappa shape index (κ3) is 2.25. The molecule has 0 unspecified atom stereocenters. The molecule has 2 aliphatic rings. The van der Waals surface area contributed by atoms with Gasteiger partial charge in [0.2, 0.25) is 10.1 Å². The van der Waals surface area contributed by atoms with E-state index in [1.54, 1.807) is 0 Å².